The molecular formula is C12H21N5. The van der Waals surface area contributed by atoms with Crippen LogP contribution in [-0.2, 0) is 13.1 Å². The summed E-state index contributed by atoms with van der Waals surface area (Å²) in [4.78, 5) is 2.45. The normalized spacial score (nSPS) is 17.2. The average molecular weight is 235 g/mol. The van der Waals surface area contributed by atoms with Crippen LogP contribution < -0.4 is 5.32 Å². The molecule has 5 nitrogen and oxygen atoms in total. The standard InChI is InChI=1S/C12H21N5/c1-11-3-5-16(6-4-11)7-8-17-10-12(9-13-2)14-15-17/h3,10,13H,4-9H2,1-2H3. The van der Waals surface area contributed by atoms with E-state index in [1.165, 1.54) is 18.5 Å². The average Bonchev–Trinajstić information content (AvgIpc) is 2.77. The highest BCUT2D eigenvalue weighted by Crippen LogP contribution is 2.09. The van der Waals surface area contributed by atoms with E-state index in [0.29, 0.717) is 0 Å². The zero-order valence-electron chi connectivity index (χ0n) is 10.7. The Morgan fingerprint density at radius 3 is 3.00 bits per heavy atom. The molecule has 2 heterocycles. The first kappa shape index (κ1) is 12.3. The molecule has 0 amide bonds. The fourth-order valence-electron chi connectivity index (χ4n) is 1.97. The van der Waals surface area contributed by atoms with Gasteiger partial charge in [0.25, 0.3) is 0 Å². The minimum atomic E-state index is 0.783. The molecule has 0 aliphatic carbocycles. The predicted molar refractivity (Wildman–Crippen MR) is 67.6 cm³/mol. The van der Waals surface area contributed by atoms with Gasteiger partial charge < -0.3 is 5.32 Å². The highest BCUT2D eigenvalue weighted by molar-refractivity contribution is 5.03. The highest BCUT2D eigenvalue weighted by atomic mass is 15.4. The summed E-state index contributed by atoms with van der Waals surface area (Å²) in [6.07, 6.45) is 5.53. The van der Waals surface area contributed by atoms with Crippen LogP contribution in [0.5, 0.6) is 0 Å². The smallest absolute Gasteiger partial charge is 0.0964 e. The van der Waals surface area contributed by atoms with E-state index >= 15 is 0 Å². The Bertz CT molecular complexity index is 382. The molecule has 1 aromatic rings. The third kappa shape index (κ3) is 3.64. The summed E-state index contributed by atoms with van der Waals surface area (Å²) < 4.78 is 1.93. The fraction of sp³-hybridized carbons (Fsp3) is 0.667. The van der Waals surface area contributed by atoms with Gasteiger partial charge in [0.2, 0.25) is 0 Å². The zero-order valence-corrected chi connectivity index (χ0v) is 10.7. The van der Waals surface area contributed by atoms with Crippen molar-refractivity contribution in [1.82, 2.24) is 25.2 Å². The molecule has 0 radical (unpaired) electrons. The summed E-state index contributed by atoms with van der Waals surface area (Å²) in [5.41, 5.74) is 2.51. The topological polar surface area (TPSA) is 46.0 Å². The summed E-state index contributed by atoms with van der Waals surface area (Å²) in [5.74, 6) is 0. The van der Waals surface area contributed by atoms with Crippen LogP contribution in [0.4, 0.5) is 0 Å². The van der Waals surface area contributed by atoms with E-state index in [-0.39, 0.29) is 0 Å². The molecule has 1 N–H and O–H groups in total. The molecule has 0 atom stereocenters. The number of nitrogens with one attached hydrogen (secondary N) is 1. The molecule has 1 aliphatic rings. The monoisotopic (exact) mass is 235 g/mol. The van der Waals surface area contributed by atoms with Crippen molar-refractivity contribution in [3.05, 3.63) is 23.5 Å². The SMILES string of the molecule is CNCc1cn(CCN2CC=C(C)CC2)nn1. The highest BCUT2D eigenvalue weighted by Gasteiger charge is 2.09. The number of hydrogen-bond donors (Lipinski definition) is 1. The van der Waals surface area contributed by atoms with Crippen molar-refractivity contribution >= 4 is 0 Å². The summed E-state index contributed by atoms with van der Waals surface area (Å²) in [6.45, 7) is 7.20. The van der Waals surface area contributed by atoms with Crippen LogP contribution in [0.2, 0.25) is 0 Å². The van der Waals surface area contributed by atoms with E-state index in [0.717, 1.165) is 31.9 Å². The van der Waals surface area contributed by atoms with Gasteiger partial charge in [-0.25, -0.2) is 0 Å². The first-order chi connectivity index (χ1) is 8.28. The molecule has 5 heteroatoms. The Kier molecular flexibility index (Phi) is 4.28. The predicted octanol–water partition coefficient (Wildman–Crippen LogP) is 0.649. The Balaban J connectivity index is 1.77. The lowest BCUT2D eigenvalue weighted by atomic mass is 10.1. The van der Waals surface area contributed by atoms with Gasteiger partial charge in [-0.3, -0.25) is 9.58 Å². The second-order valence-electron chi connectivity index (χ2n) is 4.60. The molecule has 0 unspecified atom stereocenters. The van der Waals surface area contributed by atoms with Gasteiger partial charge in [0.05, 0.1) is 12.2 Å². The van der Waals surface area contributed by atoms with Crippen molar-refractivity contribution < 1.29 is 0 Å². The molecule has 0 fully saturated rings. The quantitative estimate of drug-likeness (QED) is 0.761. The van der Waals surface area contributed by atoms with Crippen molar-refractivity contribution in [3.8, 4) is 0 Å². The molecule has 1 aliphatic heterocycles. The van der Waals surface area contributed by atoms with Gasteiger partial charge in [-0.15, -0.1) is 5.10 Å². The zero-order chi connectivity index (χ0) is 12.1. The Morgan fingerprint density at radius 2 is 2.29 bits per heavy atom. The largest absolute Gasteiger partial charge is 0.314 e. The molecular weight excluding hydrogens is 214 g/mol. The van der Waals surface area contributed by atoms with Crippen molar-refractivity contribution in [3.63, 3.8) is 0 Å². The van der Waals surface area contributed by atoms with Crippen molar-refractivity contribution in [2.75, 3.05) is 26.7 Å². The maximum atomic E-state index is 4.12. The molecule has 0 bridgehead atoms. The van der Waals surface area contributed by atoms with Gasteiger partial charge in [0.15, 0.2) is 0 Å². The number of hydrogen-bond acceptors (Lipinski definition) is 4. The van der Waals surface area contributed by atoms with Gasteiger partial charge in [-0.1, -0.05) is 16.9 Å². The third-order valence-corrected chi connectivity index (χ3v) is 3.11. The van der Waals surface area contributed by atoms with Crippen LogP contribution in [0.1, 0.15) is 19.0 Å². The van der Waals surface area contributed by atoms with Crippen molar-refractivity contribution in [1.29, 1.82) is 0 Å². The van der Waals surface area contributed by atoms with Crippen LogP contribution in [0.3, 0.4) is 0 Å². The van der Waals surface area contributed by atoms with Crippen LogP contribution in [0.25, 0.3) is 0 Å². The lowest BCUT2D eigenvalue weighted by molar-refractivity contribution is 0.276. The summed E-state index contributed by atoms with van der Waals surface area (Å²) >= 11 is 0. The van der Waals surface area contributed by atoms with Crippen LogP contribution in [0.15, 0.2) is 17.8 Å². The van der Waals surface area contributed by atoms with Crippen molar-refractivity contribution in [2.24, 2.45) is 0 Å². The van der Waals surface area contributed by atoms with Crippen LogP contribution in [-0.4, -0.2) is 46.6 Å². The maximum absolute atomic E-state index is 4.12. The second kappa shape index (κ2) is 5.93. The van der Waals surface area contributed by atoms with Gasteiger partial charge in [0.1, 0.15) is 0 Å². The van der Waals surface area contributed by atoms with Gasteiger partial charge >= 0.3 is 0 Å². The number of rotatable bonds is 5. The van der Waals surface area contributed by atoms with Gasteiger partial charge in [0, 0.05) is 32.4 Å². The minimum Gasteiger partial charge on any atom is -0.314 e. The van der Waals surface area contributed by atoms with E-state index in [4.69, 9.17) is 0 Å². The van der Waals surface area contributed by atoms with Gasteiger partial charge in [-0.2, -0.15) is 0 Å². The molecule has 17 heavy (non-hydrogen) atoms. The van der Waals surface area contributed by atoms with E-state index in [1.54, 1.807) is 0 Å². The Morgan fingerprint density at radius 1 is 1.41 bits per heavy atom. The lowest BCUT2D eigenvalue weighted by Gasteiger charge is -2.24. The second-order valence-corrected chi connectivity index (χ2v) is 4.60. The van der Waals surface area contributed by atoms with Crippen molar-refractivity contribution in [2.45, 2.75) is 26.4 Å². The summed E-state index contributed by atoms with van der Waals surface area (Å²) in [7, 11) is 1.92. The fourth-order valence-corrected chi connectivity index (χ4v) is 1.97. The Labute approximate surface area is 102 Å². The van der Waals surface area contributed by atoms with Crippen LogP contribution >= 0.6 is 0 Å². The third-order valence-electron chi connectivity index (χ3n) is 3.11. The van der Waals surface area contributed by atoms with E-state index in [1.807, 2.05) is 17.9 Å². The minimum absolute atomic E-state index is 0.783. The van der Waals surface area contributed by atoms with E-state index in [2.05, 4.69) is 33.5 Å². The summed E-state index contributed by atoms with van der Waals surface area (Å²) in [5, 5.41) is 11.3. The molecule has 2 rings (SSSR count). The first-order valence-corrected chi connectivity index (χ1v) is 6.19. The van der Waals surface area contributed by atoms with E-state index < -0.39 is 0 Å². The van der Waals surface area contributed by atoms with Gasteiger partial charge in [-0.05, 0) is 20.4 Å². The lowest BCUT2D eigenvalue weighted by Crippen LogP contribution is -2.31. The first-order valence-electron chi connectivity index (χ1n) is 6.19. The molecule has 0 aromatic carbocycles. The molecule has 1 aromatic heterocycles. The molecule has 0 saturated carbocycles. The van der Waals surface area contributed by atoms with Crippen LogP contribution in [0, 0.1) is 0 Å². The Hall–Kier alpha value is -1.20. The molecule has 0 saturated heterocycles. The molecule has 0 spiro atoms. The van der Waals surface area contributed by atoms with E-state index in [9.17, 15) is 0 Å². The summed E-state index contributed by atoms with van der Waals surface area (Å²) in [6, 6.07) is 0. The maximum Gasteiger partial charge on any atom is 0.0964 e. The number of nitrogens with zero attached hydrogens (tertiary/aromatic N) is 4. The molecule has 94 valence electrons. The number of aromatic nitrogens is 3.